The molecule has 0 radical (unpaired) electrons. The minimum Gasteiger partial charge on any atom is -0.341 e. The van der Waals surface area contributed by atoms with Gasteiger partial charge in [-0.25, -0.2) is 0 Å². The molecule has 4 aliphatic carbocycles. The second kappa shape index (κ2) is 6.86. The van der Waals surface area contributed by atoms with Crippen LogP contribution < -0.4 is 5.32 Å². The summed E-state index contributed by atoms with van der Waals surface area (Å²) in [6, 6.07) is 11.2. The first kappa shape index (κ1) is 18.7. The van der Waals surface area contributed by atoms with Gasteiger partial charge < -0.3 is 10.2 Å². The monoisotopic (exact) mass is 380 g/mol. The number of benzene rings is 1. The van der Waals surface area contributed by atoms with Crippen LogP contribution in [0.5, 0.6) is 0 Å². The molecule has 152 valence electrons. The molecule has 4 bridgehead atoms. The molecule has 3 heteroatoms. The third kappa shape index (κ3) is 3.10. The van der Waals surface area contributed by atoms with Crippen molar-refractivity contribution >= 4 is 5.91 Å². The molecule has 5 fully saturated rings. The van der Waals surface area contributed by atoms with E-state index >= 15 is 0 Å². The molecular formula is C25H36N2O. The van der Waals surface area contributed by atoms with Crippen LogP contribution in [-0.4, -0.2) is 37.0 Å². The van der Waals surface area contributed by atoms with Crippen molar-refractivity contribution in [3.05, 3.63) is 35.9 Å². The number of amides is 1. The van der Waals surface area contributed by atoms with Gasteiger partial charge in [-0.1, -0.05) is 43.7 Å². The van der Waals surface area contributed by atoms with E-state index in [1.54, 1.807) is 0 Å². The molecule has 3 nitrogen and oxygen atoms in total. The summed E-state index contributed by atoms with van der Waals surface area (Å²) in [5.41, 5.74) is 1.94. The maximum Gasteiger partial charge on any atom is 0.228 e. The molecule has 1 N–H and O–H groups in total. The summed E-state index contributed by atoms with van der Waals surface area (Å²) in [5.74, 6) is 1.22. The molecule has 1 amide bonds. The second-order valence-electron chi connectivity index (χ2n) is 10.8. The molecule has 1 saturated heterocycles. The van der Waals surface area contributed by atoms with E-state index in [-0.39, 0.29) is 10.8 Å². The van der Waals surface area contributed by atoms with Gasteiger partial charge in [-0.15, -0.1) is 0 Å². The molecule has 5 aliphatic rings. The Kier molecular flexibility index (Phi) is 4.58. The Morgan fingerprint density at radius 3 is 2.64 bits per heavy atom. The molecule has 1 aromatic rings. The number of hydrogen-bond acceptors (Lipinski definition) is 2. The Labute approximate surface area is 170 Å². The quantitative estimate of drug-likeness (QED) is 0.818. The third-order valence-corrected chi connectivity index (χ3v) is 8.31. The average Bonchev–Trinajstić information content (AvgIpc) is 2.80. The van der Waals surface area contributed by atoms with E-state index in [2.05, 4.69) is 47.5 Å². The number of nitrogens with zero attached hydrogens (tertiary/aromatic N) is 1. The van der Waals surface area contributed by atoms with Crippen LogP contribution in [0.3, 0.4) is 0 Å². The number of carbonyl (C=O) groups is 1. The molecule has 1 aromatic carbocycles. The fraction of sp³-hybridized carbons (Fsp3) is 0.720. The lowest BCUT2D eigenvalue weighted by molar-refractivity contribution is -0.170. The van der Waals surface area contributed by atoms with E-state index in [0.717, 1.165) is 57.8 Å². The predicted molar refractivity (Wildman–Crippen MR) is 113 cm³/mol. The van der Waals surface area contributed by atoms with Gasteiger partial charge in [0.2, 0.25) is 5.91 Å². The summed E-state index contributed by atoms with van der Waals surface area (Å²) >= 11 is 0. The summed E-state index contributed by atoms with van der Waals surface area (Å²) < 4.78 is 0. The summed E-state index contributed by atoms with van der Waals surface area (Å²) in [5, 5.41) is 3.53. The maximum atomic E-state index is 14.0. The van der Waals surface area contributed by atoms with Gasteiger partial charge >= 0.3 is 0 Å². The molecular weight excluding hydrogens is 344 g/mol. The average molecular weight is 381 g/mol. The molecule has 0 spiro atoms. The highest BCUT2D eigenvalue weighted by Crippen LogP contribution is 2.70. The summed E-state index contributed by atoms with van der Waals surface area (Å²) in [6.45, 7) is 6.39. The molecule has 1 heterocycles. The molecule has 0 aromatic heterocycles. The standard InChI is InChI=1S/C25H36N2O/c1-23-14-20-15-24(17-23,21-8-4-2-5-9-21)19-25(16-20,18-23)22(28)27-12-7-3-6-10-26-11-13-27/h2,4-5,8-9,20,26H,3,6-7,10-19H2,1H3. The van der Waals surface area contributed by atoms with Gasteiger partial charge in [-0.3, -0.25) is 4.79 Å². The lowest BCUT2D eigenvalue weighted by atomic mass is 9.38. The predicted octanol–water partition coefficient (Wildman–Crippen LogP) is 4.52. The van der Waals surface area contributed by atoms with Crippen LogP contribution in [0.25, 0.3) is 0 Å². The van der Waals surface area contributed by atoms with Crippen LogP contribution in [0.15, 0.2) is 30.3 Å². The highest BCUT2D eigenvalue weighted by molar-refractivity contribution is 5.84. The first-order valence-electron chi connectivity index (χ1n) is 11.6. The molecule has 4 atom stereocenters. The van der Waals surface area contributed by atoms with Crippen LogP contribution in [0.4, 0.5) is 0 Å². The highest BCUT2D eigenvalue weighted by atomic mass is 16.2. The highest BCUT2D eigenvalue weighted by Gasteiger charge is 2.65. The number of nitrogens with one attached hydrogen (secondary N) is 1. The van der Waals surface area contributed by atoms with Crippen molar-refractivity contribution in [2.45, 2.75) is 70.1 Å². The Morgan fingerprint density at radius 2 is 1.82 bits per heavy atom. The molecule has 6 rings (SSSR count). The van der Waals surface area contributed by atoms with E-state index in [0.29, 0.717) is 11.3 Å². The zero-order valence-corrected chi connectivity index (χ0v) is 17.5. The second-order valence-corrected chi connectivity index (χ2v) is 10.8. The zero-order valence-electron chi connectivity index (χ0n) is 17.5. The van der Waals surface area contributed by atoms with Crippen molar-refractivity contribution in [2.75, 3.05) is 26.2 Å². The fourth-order valence-electron chi connectivity index (χ4n) is 7.99. The normalized spacial score (nSPS) is 40.6. The first-order chi connectivity index (χ1) is 13.5. The maximum absolute atomic E-state index is 14.0. The van der Waals surface area contributed by atoms with E-state index in [1.807, 2.05) is 0 Å². The van der Waals surface area contributed by atoms with Crippen molar-refractivity contribution in [2.24, 2.45) is 16.7 Å². The van der Waals surface area contributed by atoms with Gasteiger partial charge in [-0.05, 0) is 80.2 Å². The molecule has 28 heavy (non-hydrogen) atoms. The lowest BCUT2D eigenvalue weighted by Gasteiger charge is -2.66. The van der Waals surface area contributed by atoms with Crippen molar-refractivity contribution < 1.29 is 4.79 Å². The minimum absolute atomic E-state index is 0.113. The Bertz CT molecular complexity index is 723. The van der Waals surface area contributed by atoms with Crippen LogP contribution in [0, 0.1) is 16.7 Å². The Balaban J connectivity index is 1.47. The summed E-state index contributed by atoms with van der Waals surface area (Å²) in [4.78, 5) is 16.3. The molecule has 1 aliphatic heterocycles. The van der Waals surface area contributed by atoms with Crippen molar-refractivity contribution in [1.82, 2.24) is 10.2 Å². The van der Waals surface area contributed by atoms with Crippen LogP contribution in [0.2, 0.25) is 0 Å². The largest absolute Gasteiger partial charge is 0.341 e. The topological polar surface area (TPSA) is 32.3 Å². The van der Waals surface area contributed by atoms with Gasteiger partial charge in [0.15, 0.2) is 0 Å². The van der Waals surface area contributed by atoms with E-state index in [1.165, 1.54) is 37.7 Å². The minimum atomic E-state index is -0.113. The molecule has 4 saturated carbocycles. The smallest absolute Gasteiger partial charge is 0.228 e. The van der Waals surface area contributed by atoms with Crippen molar-refractivity contribution in [3.63, 3.8) is 0 Å². The van der Waals surface area contributed by atoms with Gasteiger partial charge in [0, 0.05) is 19.6 Å². The fourth-order valence-corrected chi connectivity index (χ4v) is 7.99. The van der Waals surface area contributed by atoms with Gasteiger partial charge in [0.05, 0.1) is 5.41 Å². The Morgan fingerprint density at radius 1 is 0.964 bits per heavy atom. The van der Waals surface area contributed by atoms with E-state index < -0.39 is 0 Å². The number of carbonyl (C=O) groups excluding carboxylic acids is 1. The van der Waals surface area contributed by atoms with Crippen LogP contribution in [0.1, 0.15) is 70.3 Å². The summed E-state index contributed by atoms with van der Waals surface area (Å²) in [7, 11) is 0. The molecule has 4 unspecified atom stereocenters. The van der Waals surface area contributed by atoms with Gasteiger partial charge in [-0.2, -0.15) is 0 Å². The zero-order chi connectivity index (χ0) is 19.2. The van der Waals surface area contributed by atoms with Crippen molar-refractivity contribution in [1.29, 1.82) is 0 Å². The van der Waals surface area contributed by atoms with Crippen LogP contribution in [-0.2, 0) is 10.2 Å². The van der Waals surface area contributed by atoms with Gasteiger partial charge in [0.1, 0.15) is 0 Å². The number of hydrogen-bond donors (Lipinski definition) is 1. The van der Waals surface area contributed by atoms with E-state index in [4.69, 9.17) is 0 Å². The lowest BCUT2D eigenvalue weighted by Crippen LogP contribution is -2.62. The third-order valence-electron chi connectivity index (χ3n) is 8.31. The van der Waals surface area contributed by atoms with E-state index in [9.17, 15) is 4.79 Å². The van der Waals surface area contributed by atoms with Crippen molar-refractivity contribution in [3.8, 4) is 0 Å². The summed E-state index contributed by atoms with van der Waals surface area (Å²) in [6.07, 6.45) is 10.9. The van der Waals surface area contributed by atoms with Crippen LogP contribution >= 0.6 is 0 Å². The number of rotatable bonds is 2. The first-order valence-corrected chi connectivity index (χ1v) is 11.6. The van der Waals surface area contributed by atoms with Gasteiger partial charge in [0.25, 0.3) is 0 Å². The Hall–Kier alpha value is -1.35. The SMILES string of the molecule is CC12CC3CC(C(=O)N4CCCCCNCC4)(C1)CC(c1ccccc1)(C3)C2.